The molecule has 0 radical (unpaired) electrons. The minimum absolute atomic E-state index is 0.0682. The van der Waals surface area contributed by atoms with Crippen LogP contribution < -0.4 is 10.6 Å². The Labute approximate surface area is 126 Å². The monoisotopic (exact) mass is 293 g/mol. The zero-order valence-electron chi connectivity index (χ0n) is 12.8. The van der Waals surface area contributed by atoms with Gasteiger partial charge in [0.15, 0.2) is 0 Å². The molecule has 2 aliphatic carbocycles. The summed E-state index contributed by atoms with van der Waals surface area (Å²) < 4.78 is 0. The van der Waals surface area contributed by atoms with Crippen LogP contribution in [0.1, 0.15) is 51.4 Å². The van der Waals surface area contributed by atoms with Crippen LogP contribution in [-0.4, -0.2) is 48.4 Å². The Morgan fingerprint density at radius 1 is 0.905 bits per heavy atom. The average molecular weight is 293 g/mol. The highest BCUT2D eigenvalue weighted by Crippen LogP contribution is 2.22. The molecular weight excluding hydrogens is 266 g/mol. The van der Waals surface area contributed by atoms with Gasteiger partial charge in [0.25, 0.3) is 0 Å². The third kappa shape index (κ3) is 4.43. The average Bonchev–Trinajstić information content (AvgIpc) is 3.13. The minimum Gasteiger partial charge on any atom is -0.353 e. The van der Waals surface area contributed by atoms with E-state index in [2.05, 4.69) is 15.5 Å². The second-order valence-electron chi connectivity index (χ2n) is 6.91. The second kappa shape index (κ2) is 6.77. The predicted octanol–water partition coefficient (Wildman–Crippen LogP) is 1.04. The number of likely N-dealkylation sites (tertiary alicyclic amines) is 1. The Morgan fingerprint density at radius 3 is 2.33 bits per heavy atom. The van der Waals surface area contributed by atoms with Crippen LogP contribution in [0.4, 0.5) is 0 Å². The van der Waals surface area contributed by atoms with Crippen molar-refractivity contribution in [3.8, 4) is 0 Å². The van der Waals surface area contributed by atoms with Crippen molar-refractivity contribution in [2.24, 2.45) is 5.92 Å². The zero-order valence-corrected chi connectivity index (χ0v) is 12.8. The number of nitrogens with zero attached hydrogens (tertiary/aromatic N) is 1. The smallest absolute Gasteiger partial charge is 0.234 e. The summed E-state index contributed by atoms with van der Waals surface area (Å²) in [5.41, 5.74) is 0. The van der Waals surface area contributed by atoms with Crippen molar-refractivity contribution in [1.29, 1.82) is 0 Å². The molecule has 3 fully saturated rings. The van der Waals surface area contributed by atoms with Gasteiger partial charge < -0.3 is 10.6 Å². The van der Waals surface area contributed by atoms with E-state index in [1.807, 2.05) is 0 Å². The lowest BCUT2D eigenvalue weighted by molar-refractivity contribution is -0.129. The molecule has 1 atom stereocenters. The van der Waals surface area contributed by atoms with E-state index in [0.29, 0.717) is 18.6 Å². The maximum atomic E-state index is 12.1. The van der Waals surface area contributed by atoms with E-state index in [0.717, 1.165) is 51.6 Å². The molecule has 2 amide bonds. The summed E-state index contributed by atoms with van der Waals surface area (Å²) in [7, 11) is 0. The second-order valence-corrected chi connectivity index (χ2v) is 6.91. The quantitative estimate of drug-likeness (QED) is 0.796. The van der Waals surface area contributed by atoms with E-state index in [1.54, 1.807) is 0 Å². The van der Waals surface area contributed by atoms with Gasteiger partial charge in [-0.15, -0.1) is 0 Å². The van der Waals surface area contributed by atoms with Crippen LogP contribution in [0.2, 0.25) is 0 Å². The van der Waals surface area contributed by atoms with Crippen LogP contribution in [0, 0.1) is 5.92 Å². The number of carbonyl (C=O) groups excluding carboxylic acids is 2. The molecule has 0 spiro atoms. The maximum absolute atomic E-state index is 12.1. The molecule has 0 aromatic carbocycles. The minimum atomic E-state index is 0.0682. The number of hydrogen-bond acceptors (Lipinski definition) is 3. The Balaban J connectivity index is 1.41. The Hall–Kier alpha value is -1.10. The van der Waals surface area contributed by atoms with Gasteiger partial charge in [-0.05, 0) is 45.1 Å². The highest BCUT2D eigenvalue weighted by Gasteiger charge is 2.31. The maximum Gasteiger partial charge on any atom is 0.234 e. The van der Waals surface area contributed by atoms with Crippen LogP contribution in [0.3, 0.4) is 0 Å². The summed E-state index contributed by atoms with van der Waals surface area (Å²) in [4.78, 5) is 26.3. The molecule has 2 N–H and O–H groups in total. The lowest BCUT2D eigenvalue weighted by Gasteiger charge is -2.31. The van der Waals surface area contributed by atoms with E-state index < -0.39 is 0 Å². The number of hydrogen-bond donors (Lipinski definition) is 2. The van der Waals surface area contributed by atoms with Gasteiger partial charge >= 0.3 is 0 Å². The molecule has 1 aliphatic heterocycles. The van der Waals surface area contributed by atoms with E-state index in [4.69, 9.17) is 0 Å². The largest absolute Gasteiger partial charge is 0.353 e. The first-order chi connectivity index (χ1) is 10.2. The van der Waals surface area contributed by atoms with Crippen molar-refractivity contribution in [3.63, 3.8) is 0 Å². The van der Waals surface area contributed by atoms with Crippen molar-refractivity contribution in [3.05, 3.63) is 0 Å². The van der Waals surface area contributed by atoms with Gasteiger partial charge in [0.2, 0.25) is 11.8 Å². The van der Waals surface area contributed by atoms with Crippen molar-refractivity contribution in [2.75, 3.05) is 19.6 Å². The molecular formula is C16H27N3O2. The lowest BCUT2D eigenvalue weighted by atomic mass is 9.97. The van der Waals surface area contributed by atoms with E-state index in [9.17, 15) is 9.59 Å². The molecule has 118 valence electrons. The number of carbonyl (C=O) groups is 2. The van der Waals surface area contributed by atoms with Gasteiger partial charge in [-0.1, -0.05) is 12.8 Å². The number of nitrogens with one attached hydrogen (secondary N) is 2. The Bertz CT molecular complexity index is 389. The number of amides is 2. The highest BCUT2D eigenvalue weighted by atomic mass is 16.2. The first-order valence-corrected chi connectivity index (χ1v) is 8.53. The lowest BCUT2D eigenvalue weighted by Crippen LogP contribution is -2.48. The molecule has 0 aromatic rings. The van der Waals surface area contributed by atoms with Crippen LogP contribution in [0.25, 0.3) is 0 Å². The van der Waals surface area contributed by atoms with E-state index >= 15 is 0 Å². The highest BCUT2D eigenvalue weighted by molar-refractivity contribution is 5.80. The van der Waals surface area contributed by atoms with Crippen LogP contribution in [-0.2, 0) is 9.59 Å². The summed E-state index contributed by atoms with van der Waals surface area (Å²) in [5.74, 6) is 0.391. The van der Waals surface area contributed by atoms with Crippen molar-refractivity contribution >= 4 is 11.8 Å². The van der Waals surface area contributed by atoms with Gasteiger partial charge in [0, 0.05) is 18.6 Å². The molecule has 0 aromatic heterocycles. The third-order valence-corrected chi connectivity index (χ3v) is 4.89. The molecule has 1 heterocycles. The van der Waals surface area contributed by atoms with Crippen molar-refractivity contribution in [2.45, 2.75) is 63.5 Å². The fraction of sp³-hybridized carbons (Fsp3) is 0.875. The van der Waals surface area contributed by atoms with Gasteiger partial charge in [0.1, 0.15) is 0 Å². The van der Waals surface area contributed by atoms with E-state index in [-0.39, 0.29) is 17.7 Å². The molecule has 5 heteroatoms. The molecule has 2 saturated carbocycles. The normalized spacial score (nSPS) is 27.5. The predicted molar refractivity (Wildman–Crippen MR) is 80.7 cm³/mol. The Kier molecular flexibility index (Phi) is 4.78. The van der Waals surface area contributed by atoms with Gasteiger partial charge in [0.05, 0.1) is 12.5 Å². The molecule has 1 saturated heterocycles. The summed E-state index contributed by atoms with van der Waals surface area (Å²) in [6.07, 6.45) is 8.95. The van der Waals surface area contributed by atoms with Crippen LogP contribution in [0.15, 0.2) is 0 Å². The van der Waals surface area contributed by atoms with E-state index in [1.165, 1.54) is 12.8 Å². The summed E-state index contributed by atoms with van der Waals surface area (Å²) >= 11 is 0. The molecule has 21 heavy (non-hydrogen) atoms. The van der Waals surface area contributed by atoms with Crippen molar-refractivity contribution in [1.82, 2.24) is 15.5 Å². The third-order valence-electron chi connectivity index (χ3n) is 4.89. The number of piperidine rings is 1. The number of rotatable bonds is 5. The Morgan fingerprint density at radius 2 is 1.62 bits per heavy atom. The first kappa shape index (κ1) is 14.8. The summed E-state index contributed by atoms with van der Waals surface area (Å²) in [6.45, 7) is 2.12. The van der Waals surface area contributed by atoms with Gasteiger partial charge in [-0.2, -0.15) is 0 Å². The molecule has 3 aliphatic rings. The van der Waals surface area contributed by atoms with Gasteiger partial charge in [-0.25, -0.2) is 0 Å². The SMILES string of the molecule is O=C(CN1CCCC(C(=O)NC2CC2)C1)NC1CCCC1. The molecule has 1 unspecified atom stereocenters. The zero-order chi connectivity index (χ0) is 14.7. The summed E-state index contributed by atoms with van der Waals surface area (Å²) in [5, 5.41) is 6.22. The first-order valence-electron chi connectivity index (χ1n) is 8.53. The molecule has 5 nitrogen and oxygen atoms in total. The standard InChI is InChI=1S/C16H27N3O2/c20-15(17-13-5-1-2-6-13)11-19-9-3-4-12(10-19)16(21)18-14-7-8-14/h12-14H,1-11H2,(H,17,20)(H,18,21). The topological polar surface area (TPSA) is 61.4 Å². The molecule has 0 bridgehead atoms. The van der Waals surface area contributed by atoms with Crippen LogP contribution >= 0.6 is 0 Å². The van der Waals surface area contributed by atoms with Crippen LogP contribution in [0.5, 0.6) is 0 Å². The fourth-order valence-corrected chi connectivity index (χ4v) is 3.51. The fourth-order valence-electron chi connectivity index (χ4n) is 3.51. The van der Waals surface area contributed by atoms with Gasteiger partial charge in [-0.3, -0.25) is 14.5 Å². The summed E-state index contributed by atoms with van der Waals surface area (Å²) in [6, 6.07) is 0.815. The molecule has 3 rings (SSSR count). The van der Waals surface area contributed by atoms with Crippen molar-refractivity contribution < 1.29 is 9.59 Å².